The van der Waals surface area contributed by atoms with Crippen molar-refractivity contribution in [1.29, 1.82) is 0 Å². The highest BCUT2D eigenvalue weighted by Gasteiger charge is 2.29. The summed E-state index contributed by atoms with van der Waals surface area (Å²) < 4.78 is 0. The number of aryl methyl sites for hydroxylation is 1. The van der Waals surface area contributed by atoms with E-state index in [1.165, 1.54) is 5.69 Å². The molecule has 1 unspecified atom stereocenters. The maximum Gasteiger partial charge on any atom is 0.227 e. The largest absolute Gasteiger partial charge is 0.341 e. The fourth-order valence-corrected chi connectivity index (χ4v) is 4.05. The standard InChI is InChI=1S/C20H32N4O/c1-17-6-3-8-19(21-17)9-13-23-11-5-12-24(15-14-23)20(25)18-7-4-10-22(2)16-18/h3,6,8,18H,4-5,7,9-16H2,1-2H3. The molecule has 2 saturated heterocycles. The van der Waals surface area contributed by atoms with Gasteiger partial charge in [-0.25, -0.2) is 0 Å². The molecular weight excluding hydrogens is 312 g/mol. The Morgan fingerprint density at radius 2 is 2.04 bits per heavy atom. The molecule has 0 aliphatic carbocycles. The third kappa shape index (κ3) is 5.25. The van der Waals surface area contributed by atoms with Gasteiger partial charge in [-0.15, -0.1) is 0 Å². The van der Waals surface area contributed by atoms with E-state index in [1.807, 2.05) is 13.0 Å². The number of rotatable bonds is 4. The van der Waals surface area contributed by atoms with E-state index in [4.69, 9.17) is 0 Å². The smallest absolute Gasteiger partial charge is 0.227 e. The maximum absolute atomic E-state index is 12.8. The lowest BCUT2D eigenvalue weighted by molar-refractivity contribution is -0.137. The van der Waals surface area contributed by atoms with Gasteiger partial charge in [-0.1, -0.05) is 6.07 Å². The number of hydrogen-bond acceptors (Lipinski definition) is 4. The highest BCUT2D eigenvalue weighted by molar-refractivity contribution is 5.79. The van der Waals surface area contributed by atoms with Gasteiger partial charge < -0.3 is 14.7 Å². The number of pyridine rings is 1. The average molecular weight is 345 g/mol. The number of aromatic nitrogens is 1. The summed E-state index contributed by atoms with van der Waals surface area (Å²) >= 11 is 0. The molecule has 138 valence electrons. The third-order valence-electron chi connectivity index (χ3n) is 5.50. The molecule has 0 radical (unpaired) electrons. The molecule has 1 aromatic rings. The van der Waals surface area contributed by atoms with E-state index < -0.39 is 0 Å². The number of carbonyl (C=O) groups is 1. The fraction of sp³-hybridized carbons (Fsp3) is 0.700. The lowest BCUT2D eigenvalue weighted by Gasteiger charge is -2.32. The Hall–Kier alpha value is -1.46. The summed E-state index contributed by atoms with van der Waals surface area (Å²) in [7, 11) is 2.13. The molecule has 5 heteroatoms. The molecule has 1 amide bonds. The molecular formula is C20H32N4O. The molecule has 5 nitrogen and oxygen atoms in total. The lowest BCUT2D eigenvalue weighted by atomic mass is 9.97. The van der Waals surface area contributed by atoms with E-state index in [1.54, 1.807) is 0 Å². The number of amides is 1. The van der Waals surface area contributed by atoms with E-state index in [0.29, 0.717) is 5.91 Å². The number of carbonyl (C=O) groups excluding carboxylic acids is 1. The van der Waals surface area contributed by atoms with Gasteiger partial charge >= 0.3 is 0 Å². The minimum atomic E-state index is 0.210. The molecule has 0 spiro atoms. The van der Waals surface area contributed by atoms with E-state index in [0.717, 1.165) is 77.2 Å². The molecule has 1 atom stereocenters. The first-order valence-corrected chi connectivity index (χ1v) is 9.74. The van der Waals surface area contributed by atoms with Crippen molar-refractivity contribution in [3.8, 4) is 0 Å². The molecule has 2 fully saturated rings. The summed E-state index contributed by atoms with van der Waals surface area (Å²) in [5.74, 6) is 0.593. The molecule has 0 N–H and O–H groups in total. The number of hydrogen-bond donors (Lipinski definition) is 0. The number of piperidine rings is 1. The summed E-state index contributed by atoms with van der Waals surface area (Å²) in [6.45, 7) is 8.99. The van der Waals surface area contributed by atoms with E-state index >= 15 is 0 Å². The molecule has 0 saturated carbocycles. The molecule has 2 aliphatic rings. The molecule has 3 heterocycles. The van der Waals surface area contributed by atoms with Gasteiger partial charge in [-0.05, 0) is 58.5 Å². The van der Waals surface area contributed by atoms with Crippen molar-refractivity contribution in [2.24, 2.45) is 5.92 Å². The third-order valence-corrected chi connectivity index (χ3v) is 5.50. The Labute approximate surface area is 152 Å². The highest BCUT2D eigenvalue weighted by Crippen LogP contribution is 2.18. The molecule has 25 heavy (non-hydrogen) atoms. The van der Waals surface area contributed by atoms with Crippen LogP contribution >= 0.6 is 0 Å². The second kappa shape index (κ2) is 8.77. The van der Waals surface area contributed by atoms with Crippen LogP contribution in [0.5, 0.6) is 0 Å². The van der Waals surface area contributed by atoms with Gasteiger partial charge in [0.15, 0.2) is 0 Å². The van der Waals surface area contributed by atoms with Crippen LogP contribution in [0.25, 0.3) is 0 Å². The first-order valence-electron chi connectivity index (χ1n) is 9.74. The summed E-state index contributed by atoms with van der Waals surface area (Å²) in [5, 5.41) is 0. The predicted molar refractivity (Wildman–Crippen MR) is 101 cm³/mol. The van der Waals surface area contributed by atoms with Crippen LogP contribution < -0.4 is 0 Å². The van der Waals surface area contributed by atoms with Crippen LogP contribution in [0.15, 0.2) is 18.2 Å². The van der Waals surface area contributed by atoms with Gasteiger partial charge in [0.1, 0.15) is 0 Å². The second-order valence-electron chi connectivity index (χ2n) is 7.64. The van der Waals surface area contributed by atoms with Crippen molar-refractivity contribution in [3.05, 3.63) is 29.6 Å². The van der Waals surface area contributed by atoms with Gasteiger partial charge in [0.25, 0.3) is 0 Å². The zero-order valence-electron chi connectivity index (χ0n) is 15.8. The second-order valence-corrected chi connectivity index (χ2v) is 7.64. The summed E-state index contributed by atoms with van der Waals surface area (Å²) in [6, 6.07) is 6.24. The van der Waals surface area contributed by atoms with Crippen LogP contribution in [-0.4, -0.2) is 78.5 Å². The first-order chi connectivity index (χ1) is 12.1. The monoisotopic (exact) mass is 344 g/mol. The van der Waals surface area contributed by atoms with Crippen LogP contribution in [-0.2, 0) is 11.2 Å². The van der Waals surface area contributed by atoms with Crippen molar-refractivity contribution >= 4 is 5.91 Å². The van der Waals surface area contributed by atoms with Crippen LogP contribution in [0.2, 0.25) is 0 Å². The molecule has 0 bridgehead atoms. The highest BCUT2D eigenvalue weighted by atomic mass is 16.2. The molecule has 0 aromatic carbocycles. The minimum Gasteiger partial charge on any atom is -0.341 e. The fourth-order valence-electron chi connectivity index (χ4n) is 4.05. The zero-order chi connectivity index (χ0) is 17.6. The van der Waals surface area contributed by atoms with Crippen molar-refractivity contribution in [1.82, 2.24) is 19.7 Å². The number of likely N-dealkylation sites (tertiary alicyclic amines) is 1. The van der Waals surface area contributed by atoms with E-state index in [2.05, 4.69) is 38.9 Å². The first kappa shape index (κ1) is 18.3. The Kier molecular flexibility index (Phi) is 6.43. The van der Waals surface area contributed by atoms with Gasteiger partial charge in [0.05, 0.1) is 5.92 Å². The Morgan fingerprint density at radius 1 is 1.16 bits per heavy atom. The minimum absolute atomic E-state index is 0.210. The van der Waals surface area contributed by atoms with Crippen LogP contribution in [0.4, 0.5) is 0 Å². The maximum atomic E-state index is 12.8. The predicted octanol–water partition coefficient (Wildman–Crippen LogP) is 1.81. The van der Waals surface area contributed by atoms with Gasteiger partial charge in [-0.2, -0.15) is 0 Å². The van der Waals surface area contributed by atoms with Crippen LogP contribution in [0.3, 0.4) is 0 Å². The Bertz CT molecular complexity index is 577. The topological polar surface area (TPSA) is 39.7 Å². The Balaban J connectivity index is 1.47. The van der Waals surface area contributed by atoms with Crippen molar-refractivity contribution in [2.45, 2.75) is 32.6 Å². The van der Waals surface area contributed by atoms with Crippen molar-refractivity contribution in [3.63, 3.8) is 0 Å². The molecule has 3 rings (SSSR count). The van der Waals surface area contributed by atoms with Gasteiger partial charge in [0, 0.05) is 50.5 Å². The Morgan fingerprint density at radius 3 is 2.84 bits per heavy atom. The van der Waals surface area contributed by atoms with Gasteiger partial charge in [0.2, 0.25) is 5.91 Å². The summed E-state index contributed by atoms with van der Waals surface area (Å²) in [4.78, 5) is 24.3. The molecule has 1 aromatic heterocycles. The zero-order valence-corrected chi connectivity index (χ0v) is 15.8. The SMILES string of the molecule is Cc1cccc(CCN2CCCN(C(=O)C3CCCN(C)C3)CC2)n1. The normalized spacial score (nSPS) is 23.4. The van der Waals surface area contributed by atoms with E-state index in [9.17, 15) is 4.79 Å². The summed E-state index contributed by atoms with van der Waals surface area (Å²) in [5.41, 5.74) is 2.25. The molecule has 2 aliphatic heterocycles. The van der Waals surface area contributed by atoms with Crippen LogP contribution in [0, 0.1) is 12.8 Å². The quantitative estimate of drug-likeness (QED) is 0.835. The van der Waals surface area contributed by atoms with Crippen LogP contribution in [0.1, 0.15) is 30.7 Å². The number of nitrogens with zero attached hydrogens (tertiary/aromatic N) is 4. The van der Waals surface area contributed by atoms with Gasteiger partial charge in [-0.3, -0.25) is 9.78 Å². The lowest BCUT2D eigenvalue weighted by Crippen LogP contribution is -2.44. The summed E-state index contributed by atoms with van der Waals surface area (Å²) in [6.07, 6.45) is 4.28. The van der Waals surface area contributed by atoms with Crippen molar-refractivity contribution < 1.29 is 4.79 Å². The van der Waals surface area contributed by atoms with Crippen molar-refractivity contribution in [2.75, 3.05) is 52.9 Å². The van der Waals surface area contributed by atoms with E-state index in [-0.39, 0.29) is 5.92 Å². The average Bonchev–Trinajstić information content (AvgIpc) is 2.85.